The lowest BCUT2D eigenvalue weighted by atomic mass is 10.1. The molecule has 19 heavy (non-hydrogen) atoms. The average molecular weight is 264 g/mol. The largest absolute Gasteiger partial charge is 0.393 e. The Morgan fingerprint density at radius 3 is 2.53 bits per heavy atom. The molecule has 0 saturated heterocycles. The number of benzene rings is 1. The monoisotopic (exact) mass is 264 g/mol. The van der Waals surface area contributed by atoms with Crippen LogP contribution in [0.25, 0.3) is 0 Å². The van der Waals surface area contributed by atoms with Crippen LogP contribution in [0.4, 0.5) is 0 Å². The second kappa shape index (κ2) is 7.92. The number of aliphatic hydroxyl groups excluding tert-OH is 1. The molecule has 2 atom stereocenters. The zero-order valence-corrected chi connectivity index (χ0v) is 12.0. The molecule has 4 nitrogen and oxygen atoms in total. The third kappa shape index (κ3) is 6.36. The number of rotatable bonds is 7. The van der Waals surface area contributed by atoms with E-state index in [0.29, 0.717) is 19.5 Å². The number of hydrogen-bond acceptors (Lipinski definition) is 3. The molecule has 0 radical (unpaired) electrons. The van der Waals surface area contributed by atoms with Crippen LogP contribution in [0.1, 0.15) is 31.9 Å². The van der Waals surface area contributed by atoms with Gasteiger partial charge in [-0.05, 0) is 32.9 Å². The maximum atomic E-state index is 11.9. The Labute approximate surface area is 115 Å². The van der Waals surface area contributed by atoms with Crippen LogP contribution in [0.5, 0.6) is 0 Å². The fourth-order valence-corrected chi connectivity index (χ4v) is 1.84. The molecule has 0 aromatic heterocycles. The Bertz CT molecular complexity index is 379. The molecule has 1 aromatic rings. The van der Waals surface area contributed by atoms with Gasteiger partial charge in [0, 0.05) is 6.54 Å². The molecule has 106 valence electrons. The lowest BCUT2D eigenvalue weighted by molar-refractivity contribution is -0.122. The molecular formula is C15H24N2O2. The second-order valence-corrected chi connectivity index (χ2v) is 5.08. The summed E-state index contributed by atoms with van der Waals surface area (Å²) in [6.07, 6.45) is 0.353. The van der Waals surface area contributed by atoms with Crippen molar-refractivity contribution in [3.05, 3.63) is 35.9 Å². The Hall–Kier alpha value is -1.39. The zero-order chi connectivity index (χ0) is 14.3. The van der Waals surface area contributed by atoms with E-state index < -0.39 is 0 Å². The first-order valence-corrected chi connectivity index (χ1v) is 6.70. The minimum absolute atomic E-state index is 0.00412. The van der Waals surface area contributed by atoms with Gasteiger partial charge in [-0.3, -0.25) is 9.69 Å². The van der Waals surface area contributed by atoms with Crippen LogP contribution >= 0.6 is 0 Å². The van der Waals surface area contributed by atoms with Gasteiger partial charge in [-0.1, -0.05) is 30.3 Å². The Morgan fingerprint density at radius 1 is 1.32 bits per heavy atom. The van der Waals surface area contributed by atoms with Gasteiger partial charge in [-0.15, -0.1) is 0 Å². The minimum Gasteiger partial charge on any atom is -0.393 e. The average Bonchev–Trinajstić information content (AvgIpc) is 2.37. The van der Waals surface area contributed by atoms with Crippen LogP contribution in [0.2, 0.25) is 0 Å². The molecule has 2 unspecified atom stereocenters. The van der Waals surface area contributed by atoms with Crippen LogP contribution in [-0.2, 0) is 4.79 Å². The Kier molecular flexibility index (Phi) is 6.53. The maximum Gasteiger partial charge on any atom is 0.234 e. The fourth-order valence-electron chi connectivity index (χ4n) is 1.84. The summed E-state index contributed by atoms with van der Waals surface area (Å²) in [5.74, 6) is 0.00412. The van der Waals surface area contributed by atoms with Gasteiger partial charge in [0.2, 0.25) is 5.91 Å². The third-order valence-electron chi connectivity index (χ3n) is 3.02. The molecule has 0 heterocycles. The first-order chi connectivity index (χ1) is 8.99. The quantitative estimate of drug-likeness (QED) is 0.786. The number of amides is 1. The lowest BCUT2D eigenvalue weighted by Crippen LogP contribution is -2.37. The molecule has 1 aromatic carbocycles. The van der Waals surface area contributed by atoms with Crippen molar-refractivity contribution in [2.75, 3.05) is 20.1 Å². The van der Waals surface area contributed by atoms with E-state index in [1.54, 1.807) is 6.92 Å². The number of aliphatic hydroxyl groups is 1. The summed E-state index contributed by atoms with van der Waals surface area (Å²) in [6, 6.07) is 9.91. The number of nitrogens with zero attached hydrogens (tertiary/aromatic N) is 1. The van der Waals surface area contributed by atoms with Crippen LogP contribution in [-0.4, -0.2) is 42.2 Å². The second-order valence-electron chi connectivity index (χ2n) is 5.08. The normalized spacial score (nSPS) is 14.2. The summed E-state index contributed by atoms with van der Waals surface area (Å²) < 4.78 is 0. The summed E-state index contributed by atoms with van der Waals surface area (Å²) in [7, 11) is 1.88. The summed E-state index contributed by atoms with van der Waals surface area (Å²) in [5, 5.41) is 12.2. The van der Waals surface area contributed by atoms with Gasteiger partial charge >= 0.3 is 0 Å². The highest BCUT2D eigenvalue weighted by molar-refractivity contribution is 5.78. The van der Waals surface area contributed by atoms with Crippen molar-refractivity contribution in [2.45, 2.75) is 32.4 Å². The number of nitrogens with one attached hydrogen (secondary N) is 1. The SMILES string of the molecule is CC(O)CCN(C)CC(=O)NC(C)c1ccccc1. The molecule has 1 amide bonds. The van der Waals surface area contributed by atoms with Crippen molar-refractivity contribution >= 4 is 5.91 Å². The molecule has 1 rings (SSSR count). The van der Waals surface area contributed by atoms with Gasteiger partial charge in [0.25, 0.3) is 0 Å². The van der Waals surface area contributed by atoms with Gasteiger partial charge < -0.3 is 10.4 Å². The molecular weight excluding hydrogens is 240 g/mol. The Morgan fingerprint density at radius 2 is 1.95 bits per heavy atom. The van der Waals surface area contributed by atoms with Gasteiger partial charge in [0.05, 0.1) is 18.7 Å². The van der Waals surface area contributed by atoms with Crippen molar-refractivity contribution in [3.63, 3.8) is 0 Å². The molecule has 2 N–H and O–H groups in total. The van der Waals surface area contributed by atoms with E-state index in [2.05, 4.69) is 5.32 Å². The van der Waals surface area contributed by atoms with E-state index in [1.165, 1.54) is 0 Å². The van der Waals surface area contributed by atoms with Gasteiger partial charge in [-0.25, -0.2) is 0 Å². The van der Waals surface area contributed by atoms with Crippen molar-refractivity contribution in [1.82, 2.24) is 10.2 Å². The van der Waals surface area contributed by atoms with Crippen molar-refractivity contribution in [1.29, 1.82) is 0 Å². The summed E-state index contributed by atoms with van der Waals surface area (Å²) in [6.45, 7) is 4.79. The summed E-state index contributed by atoms with van der Waals surface area (Å²) in [4.78, 5) is 13.8. The fraction of sp³-hybridized carbons (Fsp3) is 0.533. The minimum atomic E-state index is -0.325. The third-order valence-corrected chi connectivity index (χ3v) is 3.02. The van der Waals surface area contributed by atoms with Crippen LogP contribution in [0.15, 0.2) is 30.3 Å². The standard InChI is InChI=1S/C15H24N2O2/c1-12(18)9-10-17(3)11-15(19)16-13(2)14-7-5-4-6-8-14/h4-8,12-13,18H,9-11H2,1-3H3,(H,16,19). The van der Waals surface area contributed by atoms with Gasteiger partial charge in [0.15, 0.2) is 0 Å². The first kappa shape index (κ1) is 15.7. The van der Waals surface area contributed by atoms with Crippen molar-refractivity contribution < 1.29 is 9.90 Å². The van der Waals surface area contributed by atoms with E-state index >= 15 is 0 Å². The molecule has 0 aliphatic rings. The van der Waals surface area contributed by atoms with Crippen LogP contribution < -0.4 is 5.32 Å². The topological polar surface area (TPSA) is 52.6 Å². The maximum absolute atomic E-state index is 11.9. The molecule has 0 spiro atoms. The number of likely N-dealkylation sites (N-methyl/N-ethyl adjacent to an activating group) is 1. The molecule has 0 fully saturated rings. The number of carbonyl (C=O) groups excluding carboxylic acids is 1. The van der Waals surface area contributed by atoms with Crippen molar-refractivity contribution in [2.24, 2.45) is 0 Å². The molecule has 0 aliphatic heterocycles. The van der Waals surface area contributed by atoms with Gasteiger partial charge in [-0.2, -0.15) is 0 Å². The summed E-state index contributed by atoms with van der Waals surface area (Å²) >= 11 is 0. The molecule has 0 bridgehead atoms. The Balaban J connectivity index is 2.34. The van der Waals surface area contributed by atoms with E-state index in [0.717, 1.165) is 5.56 Å². The smallest absolute Gasteiger partial charge is 0.234 e. The first-order valence-electron chi connectivity index (χ1n) is 6.70. The van der Waals surface area contributed by atoms with Gasteiger partial charge in [0.1, 0.15) is 0 Å². The summed E-state index contributed by atoms with van der Waals surface area (Å²) in [5.41, 5.74) is 1.10. The highest BCUT2D eigenvalue weighted by Gasteiger charge is 2.11. The molecule has 0 aliphatic carbocycles. The highest BCUT2D eigenvalue weighted by atomic mass is 16.3. The molecule has 4 heteroatoms. The van der Waals surface area contributed by atoms with Crippen molar-refractivity contribution in [3.8, 4) is 0 Å². The van der Waals surface area contributed by atoms with E-state index in [4.69, 9.17) is 0 Å². The number of carbonyl (C=O) groups is 1. The zero-order valence-electron chi connectivity index (χ0n) is 12.0. The van der Waals surface area contributed by atoms with E-state index in [1.807, 2.05) is 49.2 Å². The lowest BCUT2D eigenvalue weighted by Gasteiger charge is -2.19. The van der Waals surface area contributed by atoms with Crippen LogP contribution in [0, 0.1) is 0 Å². The van der Waals surface area contributed by atoms with E-state index in [-0.39, 0.29) is 18.1 Å². The molecule has 0 saturated carbocycles. The van der Waals surface area contributed by atoms with E-state index in [9.17, 15) is 9.90 Å². The predicted molar refractivity (Wildman–Crippen MR) is 76.8 cm³/mol. The highest BCUT2D eigenvalue weighted by Crippen LogP contribution is 2.10. The number of hydrogen-bond donors (Lipinski definition) is 2. The predicted octanol–water partition coefficient (Wildman–Crippen LogP) is 1.57. The van der Waals surface area contributed by atoms with Crippen LogP contribution in [0.3, 0.4) is 0 Å².